The summed E-state index contributed by atoms with van der Waals surface area (Å²) in [5.41, 5.74) is 8.34. The van der Waals surface area contributed by atoms with Crippen LogP contribution in [-0.2, 0) is 16.5 Å². The summed E-state index contributed by atoms with van der Waals surface area (Å²) in [6, 6.07) is 0. The summed E-state index contributed by atoms with van der Waals surface area (Å²) in [5, 5.41) is 0. The minimum absolute atomic E-state index is 0. The van der Waals surface area contributed by atoms with Gasteiger partial charge >= 0.3 is 0 Å². The smallest absolute Gasteiger partial charge is 0 e. The van der Waals surface area contributed by atoms with E-state index in [-0.39, 0.29) is 22.4 Å². The predicted octanol–water partition coefficient (Wildman–Crippen LogP) is 2.20. The summed E-state index contributed by atoms with van der Waals surface area (Å²) in [7, 11) is 0. The number of hydrogen-bond donors (Lipinski definition) is 1. The Labute approximate surface area is 95.6 Å². The van der Waals surface area contributed by atoms with Crippen LogP contribution in [0.3, 0.4) is 0 Å². The van der Waals surface area contributed by atoms with Crippen LogP contribution < -0.4 is 5.73 Å². The molecule has 1 rings (SSSR count). The van der Waals surface area contributed by atoms with E-state index in [0.717, 1.165) is 23.4 Å². The maximum absolute atomic E-state index is 5.48. The van der Waals surface area contributed by atoms with Gasteiger partial charge < -0.3 is 10.7 Å². The largest absolute Gasteiger partial charge is 0.455 e. The van der Waals surface area contributed by atoms with E-state index in [1.807, 2.05) is 6.08 Å². The number of nitrogens with zero attached hydrogens (tertiary/aromatic N) is 1. The van der Waals surface area contributed by atoms with E-state index < -0.39 is 0 Å². The van der Waals surface area contributed by atoms with Crippen molar-refractivity contribution in [3.8, 4) is 0 Å². The molecule has 0 radical (unpaired) electrons. The monoisotopic (exact) mass is 233 g/mol. The van der Waals surface area contributed by atoms with Crippen LogP contribution in [-0.4, -0.2) is 5.71 Å². The van der Waals surface area contributed by atoms with Crippen LogP contribution in [0, 0.1) is 12.0 Å². The van der Waals surface area contributed by atoms with Gasteiger partial charge in [-0.05, 0) is 18.0 Å². The summed E-state index contributed by atoms with van der Waals surface area (Å²) in [5.74, 6) is 0.242. The molecule has 0 fully saturated rings. The van der Waals surface area contributed by atoms with Crippen LogP contribution in [0.5, 0.6) is 0 Å². The third-order valence-corrected chi connectivity index (χ3v) is 2.10. The summed E-state index contributed by atoms with van der Waals surface area (Å²) in [6.45, 7) is 7.85. The average molecular weight is 234 g/mol. The van der Waals surface area contributed by atoms with Crippen LogP contribution in [0.15, 0.2) is 35.1 Å². The minimum Gasteiger partial charge on any atom is -0.455 e. The van der Waals surface area contributed by atoms with Gasteiger partial charge in [0.25, 0.3) is 0 Å². The Hall–Kier alpha value is -0.816. The Morgan fingerprint density at radius 2 is 2.29 bits per heavy atom. The van der Waals surface area contributed by atoms with Crippen molar-refractivity contribution in [1.29, 1.82) is 0 Å². The minimum atomic E-state index is 0. The molecule has 14 heavy (non-hydrogen) atoms. The number of allylic oxidation sites excluding steroid dienone is 4. The number of hydrogen-bond acceptors (Lipinski definition) is 2. The second-order valence-corrected chi connectivity index (χ2v) is 3.03. The molecule has 2 N–H and O–H groups in total. The number of nitrogens with two attached hydrogens (primary N) is 1. The van der Waals surface area contributed by atoms with E-state index in [4.69, 9.17) is 5.73 Å². The van der Waals surface area contributed by atoms with E-state index in [1.165, 1.54) is 0 Å². The van der Waals surface area contributed by atoms with Gasteiger partial charge in [0.15, 0.2) is 0 Å². The van der Waals surface area contributed by atoms with Gasteiger partial charge in [0, 0.05) is 16.5 Å². The van der Waals surface area contributed by atoms with Crippen molar-refractivity contribution in [3.05, 3.63) is 36.2 Å². The normalized spacial score (nSPS) is 19.7. The molecule has 0 amide bonds. The predicted molar refractivity (Wildman–Crippen MR) is 56.1 cm³/mol. The summed E-state index contributed by atoms with van der Waals surface area (Å²) in [4.78, 5) is 4.43. The molecule has 0 saturated heterocycles. The van der Waals surface area contributed by atoms with Crippen molar-refractivity contribution in [1.82, 2.24) is 0 Å². The molecular weight excluding hydrogens is 219 g/mol. The molecule has 1 aliphatic rings. The van der Waals surface area contributed by atoms with Gasteiger partial charge in [0.2, 0.25) is 0 Å². The fraction of sp³-hybridized carbons (Fsp3) is 0.364. The standard InChI is InChI=1S/C11H15N2.Ni/c1-4-8(3)11-9(7-12)6-10(5-2)13-11;/h4,7-8H,1,5,12H2,2-3H3;/q-1;. The summed E-state index contributed by atoms with van der Waals surface area (Å²) < 4.78 is 0. The Balaban J connectivity index is 0.00000169. The van der Waals surface area contributed by atoms with E-state index in [2.05, 4.69) is 31.5 Å². The van der Waals surface area contributed by atoms with Gasteiger partial charge in [-0.2, -0.15) is 11.6 Å². The molecule has 0 saturated carbocycles. The Morgan fingerprint density at radius 3 is 2.71 bits per heavy atom. The zero-order valence-corrected chi connectivity index (χ0v) is 9.47. The van der Waals surface area contributed by atoms with Crippen LogP contribution in [0.1, 0.15) is 20.3 Å². The third-order valence-electron chi connectivity index (χ3n) is 2.10. The maximum atomic E-state index is 5.48. The Bertz CT molecular complexity index is 300. The van der Waals surface area contributed by atoms with Gasteiger partial charge in [-0.1, -0.05) is 25.6 Å². The second-order valence-electron chi connectivity index (χ2n) is 3.03. The molecule has 1 unspecified atom stereocenters. The molecule has 0 spiro atoms. The van der Waals surface area contributed by atoms with E-state index in [1.54, 1.807) is 6.20 Å². The van der Waals surface area contributed by atoms with Gasteiger partial charge in [-0.15, -0.1) is 12.8 Å². The quantitative estimate of drug-likeness (QED) is 0.453. The van der Waals surface area contributed by atoms with Gasteiger partial charge in [-0.3, -0.25) is 0 Å². The molecule has 1 aliphatic heterocycles. The Kier molecular flexibility index (Phi) is 5.48. The van der Waals surface area contributed by atoms with Crippen LogP contribution >= 0.6 is 0 Å². The molecule has 0 aromatic carbocycles. The molecule has 80 valence electrons. The zero-order chi connectivity index (χ0) is 9.84. The zero-order valence-electron chi connectivity index (χ0n) is 8.49. The molecule has 0 aliphatic carbocycles. The topological polar surface area (TPSA) is 38.4 Å². The van der Waals surface area contributed by atoms with Crippen molar-refractivity contribution < 1.29 is 16.5 Å². The molecule has 3 heteroatoms. The molecule has 0 aromatic rings. The van der Waals surface area contributed by atoms with Crippen LogP contribution in [0.4, 0.5) is 0 Å². The maximum Gasteiger partial charge on any atom is 0 e. The molecule has 1 heterocycles. The van der Waals surface area contributed by atoms with Crippen molar-refractivity contribution in [2.75, 3.05) is 0 Å². The molecule has 2 nitrogen and oxygen atoms in total. The second kappa shape index (κ2) is 5.82. The van der Waals surface area contributed by atoms with Crippen molar-refractivity contribution in [2.45, 2.75) is 20.3 Å². The number of aliphatic imine (C=N–C) groups is 1. The van der Waals surface area contributed by atoms with Crippen molar-refractivity contribution >= 4 is 5.71 Å². The fourth-order valence-corrected chi connectivity index (χ4v) is 1.21. The third kappa shape index (κ3) is 2.58. The average Bonchev–Trinajstić information content (AvgIpc) is 2.59. The van der Waals surface area contributed by atoms with Crippen molar-refractivity contribution in [3.63, 3.8) is 0 Å². The first-order valence-corrected chi connectivity index (χ1v) is 4.49. The van der Waals surface area contributed by atoms with Gasteiger partial charge in [0.05, 0.1) is 0 Å². The SMILES string of the molecule is C=CC(C)C1=NC(CC)=[C-]C1=CN.[Ni]. The molecular formula is C11H15N2Ni-. The molecule has 0 bridgehead atoms. The van der Waals surface area contributed by atoms with E-state index >= 15 is 0 Å². The van der Waals surface area contributed by atoms with Crippen LogP contribution in [0.2, 0.25) is 0 Å². The molecule has 1 atom stereocenters. The van der Waals surface area contributed by atoms with E-state index in [0.29, 0.717) is 0 Å². The first-order valence-electron chi connectivity index (χ1n) is 4.49. The van der Waals surface area contributed by atoms with Gasteiger partial charge in [0.1, 0.15) is 0 Å². The Morgan fingerprint density at radius 1 is 1.64 bits per heavy atom. The first-order chi connectivity index (χ1) is 6.22. The van der Waals surface area contributed by atoms with Crippen LogP contribution in [0.25, 0.3) is 0 Å². The number of rotatable bonds is 3. The van der Waals surface area contributed by atoms with Crippen molar-refractivity contribution in [2.24, 2.45) is 16.6 Å². The summed E-state index contributed by atoms with van der Waals surface area (Å²) >= 11 is 0. The first kappa shape index (κ1) is 13.2. The summed E-state index contributed by atoms with van der Waals surface area (Å²) in [6.07, 6.45) is 7.47. The van der Waals surface area contributed by atoms with Gasteiger partial charge in [-0.25, -0.2) is 0 Å². The fourth-order valence-electron chi connectivity index (χ4n) is 1.21. The van der Waals surface area contributed by atoms with E-state index in [9.17, 15) is 0 Å². The molecule has 0 aromatic heterocycles.